The Morgan fingerprint density at radius 3 is 2.61 bits per heavy atom. The van der Waals surface area contributed by atoms with Gasteiger partial charge >= 0.3 is 6.16 Å². The topological polar surface area (TPSA) is 106 Å². The number of aryl methyl sites for hydroxylation is 1. The Kier molecular flexibility index (Phi) is 7.02. The van der Waals surface area contributed by atoms with E-state index >= 15 is 0 Å². The lowest BCUT2D eigenvalue weighted by Crippen LogP contribution is -2.38. The zero-order chi connectivity index (χ0) is 23.4. The van der Waals surface area contributed by atoms with Crippen LogP contribution in [0.1, 0.15) is 30.2 Å². The molecular formula is C23H28N4O5S. The van der Waals surface area contributed by atoms with Crippen LogP contribution >= 0.6 is 11.3 Å². The first-order valence-electron chi connectivity index (χ1n) is 10.9. The van der Waals surface area contributed by atoms with E-state index in [0.717, 1.165) is 28.0 Å². The summed E-state index contributed by atoms with van der Waals surface area (Å²) >= 11 is 1.67. The van der Waals surface area contributed by atoms with Gasteiger partial charge in [-0.25, -0.2) is 9.78 Å². The fraction of sp³-hybridized carbons (Fsp3) is 0.435. The molecule has 33 heavy (non-hydrogen) atoms. The predicted octanol–water partition coefficient (Wildman–Crippen LogP) is 4.55. The number of fused-ring (bicyclic) bond motifs is 1. The average molecular weight is 473 g/mol. The van der Waals surface area contributed by atoms with Crippen LogP contribution in [-0.4, -0.2) is 54.6 Å². The zero-order valence-electron chi connectivity index (χ0n) is 19.0. The minimum atomic E-state index is -1.22. The molecule has 0 atom stereocenters. The first-order valence-corrected chi connectivity index (χ1v) is 11.7. The summed E-state index contributed by atoms with van der Waals surface area (Å²) in [6.45, 7) is 3.98. The van der Waals surface area contributed by atoms with Crippen LogP contribution < -0.4 is 19.7 Å². The maximum absolute atomic E-state index is 10.8. The van der Waals surface area contributed by atoms with E-state index in [0.29, 0.717) is 49.9 Å². The fourth-order valence-electron chi connectivity index (χ4n) is 3.90. The summed E-state index contributed by atoms with van der Waals surface area (Å²) in [5.74, 6) is 2.80. The van der Waals surface area contributed by atoms with Crippen molar-refractivity contribution in [1.29, 1.82) is 0 Å². The summed E-state index contributed by atoms with van der Waals surface area (Å²) in [4.78, 5) is 24.8. The lowest BCUT2D eigenvalue weighted by Gasteiger charge is -2.31. The van der Waals surface area contributed by atoms with Gasteiger partial charge in [0, 0.05) is 37.4 Å². The molecule has 1 aliphatic heterocycles. The van der Waals surface area contributed by atoms with E-state index in [1.54, 1.807) is 25.6 Å². The van der Waals surface area contributed by atoms with Gasteiger partial charge in [0.25, 0.3) is 0 Å². The number of methoxy groups -OCH3 is 2. The number of carbonyl (C=O) groups is 1. The molecule has 1 saturated heterocycles. The van der Waals surface area contributed by atoms with E-state index in [2.05, 4.69) is 23.2 Å². The molecule has 10 heteroatoms. The van der Waals surface area contributed by atoms with Crippen molar-refractivity contribution in [3.05, 3.63) is 34.7 Å². The molecule has 2 N–H and O–H groups in total. The van der Waals surface area contributed by atoms with E-state index in [4.69, 9.17) is 29.3 Å². The van der Waals surface area contributed by atoms with Crippen molar-refractivity contribution < 1.29 is 24.1 Å². The number of piperidine rings is 1. The van der Waals surface area contributed by atoms with Gasteiger partial charge in [-0.05, 0) is 30.2 Å². The normalized spacial score (nSPS) is 14.3. The second-order valence-corrected chi connectivity index (χ2v) is 8.89. The maximum atomic E-state index is 10.8. The van der Waals surface area contributed by atoms with E-state index in [9.17, 15) is 4.79 Å². The fourth-order valence-corrected chi connectivity index (χ4v) is 4.87. The molecule has 4 rings (SSSR count). The van der Waals surface area contributed by atoms with Crippen molar-refractivity contribution >= 4 is 39.5 Å². The SMILES string of the molecule is CCc1cc2c(NCc3ccc(OC)c(OC)c3)nc(N3CCC(OC(=O)O)CC3)nc2s1. The molecule has 1 aliphatic rings. The Morgan fingerprint density at radius 2 is 1.94 bits per heavy atom. The summed E-state index contributed by atoms with van der Waals surface area (Å²) in [5.41, 5.74) is 1.04. The molecule has 0 unspecified atom stereocenters. The van der Waals surface area contributed by atoms with Crippen molar-refractivity contribution in [3.63, 3.8) is 0 Å². The summed E-state index contributed by atoms with van der Waals surface area (Å²) in [6, 6.07) is 7.98. The first kappa shape index (κ1) is 22.9. The van der Waals surface area contributed by atoms with Crippen LogP contribution in [0.2, 0.25) is 0 Å². The summed E-state index contributed by atoms with van der Waals surface area (Å²) in [7, 11) is 3.24. The Morgan fingerprint density at radius 1 is 1.18 bits per heavy atom. The highest BCUT2D eigenvalue weighted by Gasteiger charge is 2.25. The molecule has 0 saturated carbocycles. The van der Waals surface area contributed by atoms with Gasteiger partial charge in [0.05, 0.1) is 19.6 Å². The van der Waals surface area contributed by atoms with Gasteiger partial charge in [-0.1, -0.05) is 13.0 Å². The van der Waals surface area contributed by atoms with Gasteiger partial charge in [-0.2, -0.15) is 4.98 Å². The molecular weight excluding hydrogens is 444 g/mol. The van der Waals surface area contributed by atoms with Crippen molar-refractivity contribution in [2.45, 2.75) is 38.8 Å². The quantitative estimate of drug-likeness (QED) is 0.457. The van der Waals surface area contributed by atoms with Crippen LogP contribution in [0.4, 0.5) is 16.6 Å². The molecule has 2 aromatic heterocycles. The number of benzene rings is 1. The van der Waals surface area contributed by atoms with Crippen LogP contribution in [-0.2, 0) is 17.7 Å². The van der Waals surface area contributed by atoms with Gasteiger partial charge in [0.1, 0.15) is 16.8 Å². The third kappa shape index (κ3) is 5.22. The molecule has 3 aromatic rings. The van der Waals surface area contributed by atoms with Gasteiger partial charge < -0.3 is 29.5 Å². The monoisotopic (exact) mass is 472 g/mol. The van der Waals surface area contributed by atoms with E-state index < -0.39 is 6.16 Å². The third-order valence-electron chi connectivity index (χ3n) is 5.68. The third-order valence-corrected chi connectivity index (χ3v) is 6.85. The zero-order valence-corrected chi connectivity index (χ0v) is 19.8. The van der Waals surface area contributed by atoms with Crippen LogP contribution in [0, 0.1) is 0 Å². The van der Waals surface area contributed by atoms with Crippen LogP contribution in [0.3, 0.4) is 0 Å². The molecule has 0 bridgehead atoms. The number of hydrogen-bond donors (Lipinski definition) is 2. The Bertz CT molecular complexity index is 1130. The number of hydrogen-bond acceptors (Lipinski definition) is 9. The summed E-state index contributed by atoms with van der Waals surface area (Å²) in [5, 5.41) is 13.3. The van der Waals surface area contributed by atoms with Crippen molar-refractivity contribution in [2.75, 3.05) is 37.5 Å². The number of thiophene rings is 1. The predicted molar refractivity (Wildman–Crippen MR) is 128 cm³/mol. The molecule has 9 nitrogen and oxygen atoms in total. The number of ether oxygens (including phenoxy) is 3. The van der Waals surface area contributed by atoms with Gasteiger partial charge in [-0.3, -0.25) is 0 Å². The lowest BCUT2D eigenvalue weighted by molar-refractivity contribution is 0.0415. The van der Waals surface area contributed by atoms with Crippen molar-refractivity contribution in [3.8, 4) is 11.5 Å². The molecule has 1 aromatic carbocycles. The van der Waals surface area contributed by atoms with Crippen LogP contribution in [0.15, 0.2) is 24.3 Å². The molecule has 0 radical (unpaired) electrons. The van der Waals surface area contributed by atoms with Gasteiger partial charge in [-0.15, -0.1) is 11.3 Å². The van der Waals surface area contributed by atoms with Crippen molar-refractivity contribution in [2.24, 2.45) is 0 Å². The number of carboxylic acid groups (broad SMARTS) is 1. The molecule has 0 spiro atoms. The molecule has 0 aliphatic carbocycles. The number of aromatic nitrogens is 2. The minimum absolute atomic E-state index is 0.279. The van der Waals surface area contributed by atoms with E-state index in [1.807, 2.05) is 18.2 Å². The highest BCUT2D eigenvalue weighted by Crippen LogP contribution is 2.33. The highest BCUT2D eigenvalue weighted by atomic mass is 32.1. The number of rotatable bonds is 8. The molecule has 176 valence electrons. The lowest BCUT2D eigenvalue weighted by atomic mass is 10.1. The van der Waals surface area contributed by atoms with Crippen LogP contribution in [0.25, 0.3) is 10.2 Å². The summed E-state index contributed by atoms with van der Waals surface area (Å²) < 4.78 is 15.7. The summed E-state index contributed by atoms with van der Waals surface area (Å²) in [6.07, 6.45) is 0.667. The average Bonchev–Trinajstić information content (AvgIpc) is 3.26. The Labute approximate surface area is 196 Å². The Hall–Kier alpha value is -3.27. The number of anilines is 2. The smallest absolute Gasteiger partial charge is 0.493 e. The van der Waals surface area contributed by atoms with Gasteiger partial charge in [0.15, 0.2) is 11.5 Å². The second kappa shape index (κ2) is 10.1. The maximum Gasteiger partial charge on any atom is 0.506 e. The van der Waals surface area contributed by atoms with Crippen LogP contribution in [0.5, 0.6) is 11.5 Å². The number of nitrogens with one attached hydrogen (secondary N) is 1. The standard InChI is InChI=1S/C23H28N4O5S/c1-4-16-12-17-20(24-13-14-5-6-18(30-2)19(11-14)31-3)25-22(26-21(17)33-16)27-9-7-15(8-10-27)32-23(28)29/h5-6,11-12,15H,4,7-10,13H2,1-3H3,(H,28,29)(H,24,25,26). The van der Waals surface area contributed by atoms with Gasteiger partial charge in [0.2, 0.25) is 5.95 Å². The minimum Gasteiger partial charge on any atom is -0.493 e. The number of nitrogens with zero attached hydrogens (tertiary/aromatic N) is 3. The molecule has 3 heterocycles. The highest BCUT2D eigenvalue weighted by molar-refractivity contribution is 7.18. The van der Waals surface area contributed by atoms with E-state index in [1.165, 1.54) is 4.88 Å². The Balaban J connectivity index is 1.57. The van der Waals surface area contributed by atoms with E-state index in [-0.39, 0.29) is 6.10 Å². The van der Waals surface area contributed by atoms with Crippen molar-refractivity contribution in [1.82, 2.24) is 9.97 Å². The largest absolute Gasteiger partial charge is 0.506 e. The molecule has 1 fully saturated rings. The molecule has 0 amide bonds. The second-order valence-electron chi connectivity index (χ2n) is 7.77. The first-order chi connectivity index (χ1) is 16.0.